The van der Waals surface area contributed by atoms with Crippen LogP contribution in [0.3, 0.4) is 0 Å². The first-order chi connectivity index (χ1) is 10.3. The molecule has 0 bridgehead atoms. The molecular weight excluding hydrogens is 264 g/mol. The molecule has 0 unspecified atom stereocenters. The first-order valence-corrected chi connectivity index (χ1v) is 6.77. The van der Waals surface area contributed by atoms with E-state index in [-0.39, 0.29) is 0 Å². The van der Waals surface area contributed by atoms with E-state index < -0.39 is 0 Å². The van der Waals surface area contributed by atoms with E-state index in [0.29, 0.717) is 0 Å². The predicted octanol–water partition coefficient (Wildman–Crippen LogP) is 1.76. The summed E-state index contributed by atoms with van der Waals surface area (Å²) in [5, 5.41) is 12.1. The van der Waals surface area contributed by atoms with Gasteiger partial charge in [0.2, 0.25) is 0 Å². The fourth-order valence-corrected chi connectivity index (χ4v) is 2.67. The van der Waals surface area contributed by atoms with Crippen molar-refractivity contribution in [2.24, 2.45) is 0 Å². The monoisotopic (exact) mass is 278 g/mol. The molecule has 0 amide bonds. The van der Waals surface area contributed by atoms with Crippen LogP contribution >= 0.6 is 0 Å². The van der Waals surface area contributed by atoms with Gasteiger partial charge in [-0.15, -0.1) is 0 Å². The van der Waals surface area contributed by atoms with Gasteiger partial charge in [0.25, 0.3) is 5.95 Å². The Labute approximate surface area is 121 Å². The van der Waals surface area contributed by atoms with Crippen LogP contribution in [-0.2, 0) is 13.1 Å². The number of nitrogens with two attached hydrogens (primary N) is 1. The van der Waals surface area contributed by atoms with Crippen LogP contribution in [0, 0.1) is 0 Å². The van der Waals surface area contributed by atoms with Crippen LogP contribution in [0.4, 0.5) is 11.6 Å². The zero-order chi connectivity index (χ0) is 14.2. The summed E-state index contributed by atoms with van der Waals surface area (Å²) < 4.78 is 1.76. The predicted molar refractivity (Wildman–Crippen MR) is 79.9 cm³/mol. The smallest absolute Gasteiger partial charge is 0.250 e. The molecule has 104 valence electrons. The standard InChI is InChI=1S/C15H14N6/c16-13-7-6-11-9-20(10-12(11)8-13)15-17-18-19-21(15)14-4-2-1-3-5-14/h1-8H,9-10,16H2. The molecule has 21 heavy (non-hydrogen) atoms. The van der Waals surface area contributed by atoms with Gasteiger partial charge in [-0.05, 0) is 45.8 Å². The van der Waals surface area contributed by atoms with Crippen molar-refractivity contribution in [2.75, 3.05) is 10.6 Å². The average Bonchev–Trinajstić information content (AvgIpc) is 3.13. The van der Waals surface area contributed by atoms with Crippen LogP contribution in [0.1, 0.15) is 11.1 Å². The molecule has 6 nitrogen and oxygen atoms in total. The second-order valence-electron chi connectivity index (χ2n) is 5.11. The van der Waals surface area contributed by atoms with E-state index >= 15 is 0 Å². The van der Waals surface area contributed by atoms with E-state index in [1.807, 2.05) is 42.5 Å². The zero-order valence-corrected chi connectivity index (χ0v) is 11.3. The molecule has 0 saturated heterocycles. The Morgan fingerprint density at radius 1 is 0.952 bits per heavy atom. The Bertz CT molecular complexity index is 780. The third-order valence-corrected chi connectivity index (χ3v) is 3.69. The number of benzene rings is 2. The van der Waals surface area contributed by atoms with Crippen molar-refractivity contribution in [1.29, 1.82) is 0 Å². The van der Waals surface area contributed by atoms with E-state index in [2.05, 4.69) is 26.5 Å². The SMILES string of the molecule is Nc1ccc2c(c1)CN(c1nnnn1-c1ccccc1)C2. The number of hydrogen-bond donors (Lipinski definition) is 1. The van der Waals surface area contributed by atoms with Crippen molar-refractivity contribution < 1.29 is 0 Å². The summed E-state index contributed by atoms with van der Waals surface area (Å²) in [7, 11) is 0. The largest absolute Gasteiger partial charge is 0.399 e. The maximum atomic E-state index is 5.85. The number of tetrazole rings is 1. The molecular formula is C15H14N6. The zero-order valence-electron chi connectivity index (χ0n) is 11.3. The molecule has 0 aliphatic carbocycles. The summed E-state index contributed by atoms with van der Waals surface area (Å²) in [6.07, 6.45) is 0. The Morgan fingerprint density at radius 3 is 2.62 bits per heavy atom. The molecule has 1 aliphatic heterocycles. The first kappa shape index (κ1) is 11.9. The molecule has 2 aromatic carbocycles. The van der Waals surface area contributed by atoms with Crippen LogP contribution in [-0.4, -0.2) is 20.2 Å². The molecule has 0 saturated carbocycles. The van der Waals surface area contributed by atoms with Crippen molar-refractivity contribution in [3.63, 3.8) is 0 Å². The van der Waals surface area contributed by atoms with Gasteiger partial charge in [-0.25, -0.2) is 0 Å². The molecule has 6 heteroatoms. The van der Waals surface area contributed by atoms with Gasteiger partial charge in [-0.2, -0.15) is 4.68 Å². The van der Waals surface area contributed by atoms with Crippen molar-refractivity contribution in [3.8, 4) is 5.69 Å². The molecule has 3 aromatic rings. The number of para-hydroxylation sites is 1. The minimum Gasteiger partial charge on any atom is -0.399 e. The van der Waals surface area contributed by atoms with E-state index in [1.165, 1.54) is 11.1 Å². The van der Waals surface area contributed by atoms with Gasteiger partial charge >= 0.3 is 0 Å². The van der Waals surface area contributed by atoms with Crippen molar-refractivity contribution in [2.45, 2.75) is 13.1 Å². The highest BCUT2D eigenvalue weighted by atomic mass is 15.6. The summed E-state index contributed by atoms with van der Waals surface area (Å²) in [6, 6.07) is 15.9. The summed E-state index contributed by atoms with van der Waals surface area (Å²) in [4.78, 5) is 2.15. The maximum Gasteiger partial charge on any atom is 0.250 e. The van der Waals surface area contributed by atoms with E-state index in [1.54, 1.807) is 4.68 Å². The van der Waals surface area contributed by atoms with Crippen LogP contribution in [0.15, 0.2) is 48.5 Å². The number of nitrogens with zero attached hydrogens (tertiary/aromatic N) is 5. The molecule has 2 heterocycles. The lowest BCUT2D eigenvalue weighted by molar-refractivity contribution is 0.760. The van der Waals surface area contributed by atoms with Crippen molar-refractivity contribution >= 4 is 11.6 Å². The number of nitrogen functional groups attached to an aromatic ring is 1. The third-order valence-electron chi connectivity index (χ3n) is 3.69. The number of aromatic nitrogens is 4. The van der Waals surface area contributed by atoms with Crippen molar-refractivity contribution in [1.82, 2.24) is 20.2 Å². The average molecular weight is 278 g/mol. The van der Waals surface area contributed by atoms with Gasteiger partial charge < -0.3 is 10.6 Å². The van der Waals surface area contributed by atoms with Crippen LogP contribution < -0.4 is 10.6 Å². The highest BCUT2D eigenvalue weighted by molar-refractivity contribution is 5.52. The fraction of sp³-hybridized carbons (Fsp3) is 0.133. The lowest BCUT2D eigenvalue weighted by atomic mass is 10.1. The van der Waals surface area contributed by atoms with Crippen molar-refractivity contribution in [3.05, 3.63) is 59.7 Å². The quantitative estimate of drug-likeness (QED) is 0.723. The summed E-state index contributed by atoms with van der Waals surface area (Å²) >= 11 is 0. The van der Waals surface area contributed by atoms with Gasteiger partial charge in [-0.3, -0.25) is 0 Å². The highest BCUT2D eigenvalue weighted by Gasteiger charge is 2.24. The van der Waals surface area contributed by atoms with Gasteiger partial charge in [0, 0.05) is 18.8 Å². The number of anilines is 2. The van der Waals surface area contributed by atoms with E-state index in [9.17, 15) is 0 Å². The Hall–Kier alpha value is -2.89. The number of fused-ring (bicyclic) bond motifs is 1. The molecule has 0 atom stereocenters. The van der Waals surface area contributed by atoms with Crippen LogP contribution in [0.25, 0.3) is 5.69 Å². The van der Waals surface area contributed by atoms with Gasteiger partial charge in [0.15, 0.2) is 0 Å². The Morgan fingerprint density at radius 2 is 1.76 bits per heavy atom. The molecule has 0 spiro atoms. The van der Waals surface area contributed by atoms with Gasteiger partial charge in [0.1, 0.15) is 0 Å². The van der Waals surface area contributed by atoms with Crippen LogP contribution in [0.2, 0.25) is 0 Å². The molecule has 1 aliphatic rings. The van der Waals surface area contributed by atoms with Gasteiger partial charge in [-0.1, -0.05) is 29.4 Å². The molecule has 1 aromatic heterocycles. The molecule has 0 fully saturated rings. The second kappa shape index (κ2) is 4.59. The summed E-state index contributed by atoms with van der Waals surface area (Å²) in [5.74, 6) is 0.746. The maximum absolute atomic E-state index is 5.85. The molecule has 4 rings (SSSR count). The minimum absolute atomic E-state index is 0.746. The Balaban J connectivity index is 1.70. The highest BCUT2D eigenvalue weighted by Crippen LogP contribution is 2.28. The van der Waals surface area contributed by atoms with Gasteiger partial charge in [0.05, 0.1) is 5.69 Å². The van der Waals surface area contributed by atoms with E-state index in [0.717, 1.165) is 30.4 Å². The normalized spacial score (nSPS) is 13.4. The lowest BCUT2D eigenvalue weighted by Crippen LogP contribution is -2.19. The lowest BCUT2D eigenvalue weighted by Gasteiger charge is -2.15. The Kier molecular flexibility index (Phi) is 2.60. The summed E-state index contributed by atoms with van der Waals surface area (Å²) in [5.41, 5.74) is 10.1. The van der Waals surface area contributed by atoms with Crippen LogP contribution in [0.5, 0.6) is 0 Å². The number of rotatable bonds is 2. The molecule has 0 radical (unpaired) electrons. The second-order valence-corrected chi connectivity index (χ2v) is 5.11. The van der Waals surface area contributed by atoms with E-state index in [4.69, 9.17) is 5.73 Å². The third kappa shape index (κ3) is 2.01. The number of hydrogen-bond acceptors (Lipinski definition) is 5. The summed E-state index contributed by atoms with van der Waals surface area (Å²) in [6.45, 7) is 1.57. The molecule has 2 N–H and O–H groups in total. The first-order valence-electron chi connectivity index (χ1n) is 6.77. The minimum atomic E-state index is 0.746. The fourth-order valence-electron chi connectivity index (χ4n) is 2.67. The topological polar surface area (TPSA) is 72.9 Å².